The maximum Gasteiger partial charge on any atom is 0.231 e. The summed E-state index contributed by atoms with van der Waals surface area (Å²) in [4.78, 5) is 13.2. The van der Waals surface area contributed by atoms with E-state index in [1.807, 2.05) is 38.3 Å². The highest BCUT2D eigenvalue weighted by molar-refractivity contribution is 7.90. The summed E-state index contributed by atoms with van der Waals surface area (Å²) in [6, 6.07) is 9.51. The van der Waals surface area contributed by atoms with Crippen molar-refractivity contribution in [2.45, 2.75) is 31.3 Å². The van der Waals surface area contributed by atoms with Crippen LogP contribution in [0.25, 0.3) is 22.3 Å². The van der Waals surface area contributed by atoms with Gasteiger partial charge < -0.3 is 11.1 Å². The summed E-state index contributed by atoms with van der Waals surface area (Å²) in [7, 11) is -3.53. The monoisotopic (exact) mass is 479 g/mol. The van der Waals surface area contributed by atoms with Crippen molar-refractivity contribution >= 4 is 44.5 Å². The van der Waals surface area contributed by atoms with Crippen molar-refractivity contribution in [1.29, 1.82) is 0 Å². The Morgan fingerprint density at radius 2 is 1.97 bits per heavy atom. The number of aliphatic imine (C=N–C) groups is 1. The van der Waals surface area contributed by atoms with Gasteiger partial charge in [0, 0.05) is 29.6 Å². The third kappa shape index (κ3) is 3.67. The van der Waals surface area contributed by atoms with Crippen molar-refractivity contribution in [3.8, 4) is 11.3 Å². The lowest BCUT2D eigenvalue weighted by Crippen LogP contribution is -2.07. The zero-order valence-corrected chi connectivity index (χ0v) is 19.6. The maximum atomic E-state index is 14.6. The number of halogens is 1. The molecule has 34 heavy (non-hydrogen) atoms. The van der Waals surface area contributed by atoms with Crippen LogP contribution in [0.15, 0.2) is 46.3 Å². The molecule has 0 spiro atoms. The molecule has 0 bridgehead atoms. The summed E-state index contributed by atoms with van der Waals surface area (Å²) in [5, 5.41) is 8.21. The van der Waals surface area contributed by atoms with Crippen LogP contribution in [0, 0.1) is 5.82 Å². The second-order valence-corrected chi connectivity index (χ2v) is 10.4. The third-order valence-electron chi connectivity index (χ3n) is 5.62. The van der Waals surface area contributed by atoms with Crippen LogP contribution in [0.1, 0.15) is 31.0 Å². The van der Waals surface area contributed by atoms with E-state index in [-0.39, 0.29) is 28.4 Å². The molecule has 1 aliphatic rings. The van der Waals surface area contributed by atoms with Crippen LogP contribution in [0.4, 0.5) is 21.8 Å². The van der Waals surface area contributed by atoms with Gasteiger partial charge in [-0.3, -0.25) is 4.99 Å². The van der Waals surface area contributed by atoms with Crippen LogP contribution in [-0.4, -0.2) is 40.6 Å². The normalized spacial score (nSPS) is 13.1. The number of aromatic nitrogens is 4. The predicted molar refractivity (Wildman–Crippen MR) is 130 cm³/mol. The lowest BCUT2D eigenvalue weighted by Gasteiger charge is -2.10. The maximum absolute atomic E-state index is 14.6. The van der Waals surface area contributed by atoms with E-state index in [4.69, 9.17) is 10.8 Å². The Balaban J connectivity index is 1.63. The number of rotatable bonds is 5. The number of hydrogen-bond acceptors (Lipinski definition) is 8. The Kier molecular flexibility index (Phi) is 5.08. The summed E-state index contributed by atoms with van der Waals surface area (Å²) >= 11 is 0. The molecule has 0 amide bonds. The second kappa shape index (κ2) is 7.87. The second-order valence-electron chi connectivity index (χ2n) is 8.40. The Morgan fingerprint density at radius 1 is 1.18 bits per heavy atom. The Morgan fingerprint density at radius 3 is 2.68 bits per heavy atom. The van der Waals surface area contributed by atoms with Gasteiger partial charge in [0.15, 0.2) is 15.5 Å². The first kappa shape index (κ1) is 22.0. The van der Waals surface area contributed by atoms with E-state index >= 15 is 0 Å². The standard InChI is InChI=1S/C23H22FN7O2S/c1-12(2)31-22-19(20(30-31)15-6-4-5-13-10-26-11-16(13)15)21(25)28-23(29-22)27-18-8-7-14(9-17(18)24)34(3,32)33/h4-9,11-12H,10H2,1-3H3,(H3,25,27,28,29). The number of nitrogens with one attached hydrogen (secondary N) is 1. The molecule has 174 valence electrons. The van der Waals surface area contributed by atoms with Gasteiger partial charge in [0.05, 0.1) is 22.5 Å². The first-order valence-corrected chi connectivity index (χ1v) is 12.5. The molecular formula is C23H22FN7O2S. The number of hydrogen-bond donors (Lipinski definition) is 2. The number of benzene rings is 2. The average molecular weight is 480 g/mol. The van der Waals surface area contributed by atoms with Gasteiger partial charge in [-0.05, 0) is 37.6 Å². The van der Waals surface area contributed by atoms with E-state index < -0.39 is 15.7 Å². The molecule has 9 nitrogen and oxygen atoms in total. The van der Waals surface area contributed by atoms with Crippen LogP contribution in [-0.2, 0) is 16.4 Å². The summed E-state index contributed by atoms with van der Waals surface area (Å²) in [5.74, 6) is -0.485. The number of nitrogens with two attached hydrogens (primary N) is 1. The lowest BCUT2D eigenvalue weighted by atomic mass is 10.00. The smallest absolute Gasteiger partial charge is 0.231 e. The Labute approximate surface area is 195 Å². The molecule has 0 fully saturated rings. The van der Waals surface area contributed by atoms with Crippen LogP contribution < -0.4 is 11.1 Å². The third-order valence-corrected chi connectivity index (χ3v) is 6.73. The fraction of sp³-hybridized carbons (Fsp3) is 0.217. The van der Waals surface area contributed by atoms with E-state index in [0.717, 1.165) is 29.0 Å². The molecular weight excluding hydrogens is 457 g/mol. The van der Waals surface area contributed by atoms with Gasteiger partial charge in [0.2, 0.25) is 5.95 Å². The average Bonchev–Trinajstić information content (AvgIpc) is 3.39. The zero-order chi connectivity index (χ0) is 24.2. The van der Waals surface area contributed by atoms with Crippen LogP contribution in [0.5, 0.6) is 0 Å². The molecule has 2 aromatic heterocycles. The molecule has 3 N–H and O–H groups in total. The van der Waals surface area contributed by atoms with Crippen LogP contribution in [0.3, 0.4) is 0 Å². The van der Waals surface area contributed by atoms with Gasteiger partial charge in [-0.15, -0.1) is 0 Å². The molecule has 0 atom stereocenters. The SMILES string of the molecule is CC(C)n1nc(-c2cccc3c2C=NC3)c2c(N)nc(Nc3ccc(S(C)(=O)=O)cc3F)nc21. The Hall–Kier alpha value is -3.86. The van der Waals surface area contributed by atoms with Crippen molar-refractivity contribution in [2.24, 2.45) is 4.99 Å². The number of sulfone groups is 1. The number of fused-ring (bicyclic) bond motifs is 2. The topological polar surface area (TPSA) is 128 Å². The number of nitrogen functional groups attached to an aromatic ring is 1. The minimum absolute atomic E-state index is 0.0269. The van der Waals surface area contributed by atoms with Gasteiger partial charge in [0.25, 0.3) is 0 Å². The van der Waals surface area contributed by atoms with Crippen molar-refractivity contribution in [2.75, 3.05) is 17.3 Å². The quantitative estimate of drug-likeness (QED) is 0.445. The van der Waals surface area contributed by atoms with Crippen molar-refractivity contribution in [3.05, 3.63) is 53.3 Å². The lowest BCUT2D eigenvalue weighted by molar-refractivity contribution is 0.548. The fourth-order valence-corrected chi connectivity index (χ4v) is 4.59. The molecule has 0 aliphatic carbocycles. The highest BCUT2D eigenvalue weighted by Crippen LogP contribution is 2.36. The first-order chi connectivity index (χ1) is 16.1. The molecule has 0 saturated carbocycles. The minimum atomic E-state index is -3.53. The molecule has 0 radical (unpaired) electrons. The molecule has 3 heterocycles. The minimum Gasteiger partial charge on any atom is -0.383 e. The first-order valence-electron chi connectivity index (χ1n) is 10.6. The van der Waals surface area contributed by atoms with Gasteiger partial charge in [-0.2, -0.15) is 15.1 Å². The van der Waals surface area contributed by atoms with Crippen LogP contribution >= 0.6 is 0 Å². The van der Waals surface area contributed by atoms with Gasteiger partial charge in [0.1, 0.15) is 17.3 Å². The highest BCUT2D eigenvalue weighted by atomic mass is 32.2. The van der Waals surface area contributed by atoms with Crippen molar-refractivity contribution < 1.29 is 12.8 Å². The fourth-order valence-electron chi connectivity index (χ4n) is 3.96. The summed E-state index contributed by atoms with van der Waals surface area (Å²) in [6.45, 7) is 4.57. The Bertz CT molecular complexity index is 1590. The van der Waals surface area contributed by atoms with E-state index in [1.54, 1.807) is 4.68 Å². The largest absolute Gasteiger partial charge is 0.383 e. The van der Waals surface area contributed by atoms with E-state index in [1.165, 1.54) is 12.1 Å². The summed E-state index contributed by atoms with van der Waals surface area (Å²) in [6.07, 6.45) is 2.85. The summed E-state index contributed by atoms with van der Waals surface area (Å²) in [5.41, 5.74) is 10.5. The number of anilines is 3. The molecule has 1 aliphatic heterocycles. The number of nitrogens with zero attached hydrogens (tertiary/aromatic N) is 5. The molecule has 5 rings (SSSR count). The predicted octanol–water partition coefficient (Wildman–Crippen LogP) is 3.88. The molecule has 0 saturated heterocycles. The zero-order valence-electron chi connectivity index (χ0n) is 18.7. The molecule has 4 aromatic rings. The summed E-state index contributed by atoms with van der Waals surface area (Å²) < 4.78 is 39.7. The molecule has 2 aromatic carbocycles. The molecule has 0 unspecified atom stereocenters. The van der Waals surface area contributed by atoms with Crippen molar-refractivity contribution in [3.63, 3.8) is 0 Å². The van der Waals surface area contributed by atoms with E-state index in [2.05, 4.69) is 20.3 Å². The van der Waals surface area contributed by atoms with E-state index in [9.17, 15) is 12.8 Å². The van der Waals surface area contributed by atoms with Gasteiger partial charge in [-0.1, -0.05) is 18.2 Å². The van der Waals surface area contributed by atoms with Gasteiger partial charge >= 0.3 is 0 Å². The van der Waals surface area contributed by atoms with E-state index in [0.29, 0.717) is 23.3 Å². The molecule has 11 heteroatoms. The van der Waals surface area contributed by atoms with Crippen LogP contribution in [0.2, 0.25) is 0 Å². The van der Waals surface area contributed by atoms with Crippen molar-refractivity contribution in [1.82, 2.24) is 19.7 Å². The highest BCUT2D eigenvalue weighted by Gasteiger charge is 2.23. The van der Waals surface area contributed by atoms with Gasteiger partial charge in [-0.25, -0.2) is 17.5 Å².